The van der Waals surface area contributed by atoms with E-state index >= 15 is 0 Å². The van der Waals surface area contributed by atoms with Gasteiger partial charge in [-0.2, -0.15) is 0 Å². The molecule has 10 heteroatoms. The van der Waals surface area contributed by atoms with Crippen molar-refractivity contribution in [2.24, 2.45) is 0 Å². The van der Waals surface area contributed by atoms with Gasteiger partial charge in [0.05, 0.1) is 34.1 Å². The van der Waals surface area contributed by atoms with Gasteiger partial charge in [0.1, 0.15) is 5.75 Å². The van der Waals surface area contributed by atoms with Crippen molar-refractivity contribution >= 4 is 42.4 Å². The van der Waals surface area contributed by atoms with Crippen LogP contribution in [0.1, 0.15) is 35.3 Å². The second kappa shape index (κ2) is 10.8. The first-order valence-corrected chi connectivity index (χ1v) is 13.7. The van der Waals surface area contributed by atoms with Gasteiger partial charge in [-0.25, -0.2) is 13.4 Å². The fourth-order valence-electron chi connectivity index (χ4n) is 3.69. The van der Waals surface area contributed by atoms with Gasteiger partial charge < -0.3 is 14.9 Å². The van der Waals surface area contributed by atoms with Crippen LogP contribution in [0.15, 0.2) is 65.6 Å². The Bertz CT molecular complexity index is 1460. The number of aryl methyl sites for hydroxylation is 1. The monoisotopic (exact) mass is 526 g/mol. The van der Waals surface area contributed by atoms with Gasteiger partial charge in [-0.1, -0.05) is 42.5 Å². The van der Waals surface area contributed by atoms with Crippen LogP contribution in [0.25, 0.3) is 10.2 Å². The molecule has 0 aliphatic heterocycles. The third-order valence-electron chi connectivity index (χ3n) is 5.68. The van der Waals surface area contributed by atoms with Gasteiger partial charge in [-0.3, -0.25) is 10.1 Å². The Labute approximate surface area is 213 Å². The number of benzene rings is 3. The molecule has 0 aliphatic carbocycles. The van der Waals surface area contributed by atoms with Crippen LogP contribution in [-0.2, 0) is 27.8 Å². The number of carbonyl (C=O) groups excluding carboxylic acids is 1. The van der Waals surface area contributed by atoms with Crippen LogP contribution >= 0.6 is 11.3 Å². The predicted octanol–water partition coefficient (Wildman–Crippen LogP) is 4.14. The summed E-state index contributed by atoms with van der Waals surface area (Å²) < 4.78 is 31.2. The SMILES string of the molecule is CCS(=O)(=O)c1ccc(C(Oc2cccc(C)c2)C(=O)Nc2nc3cc(CO)c(CO)cc3s2)cc1. The van der Waals surface area contributed by atoms with E-state index in [2.05, 4.69) is 10.3 Å². The Kier molecular flexibility index (Phi) is 7.70. The van der Waals surface area contributed by atoms with Crippen LogP contribution in [0.5, 0.6) is 5.75 Å². The minimum absolute atomic E-state index is 0.0242. The van der Waals surface area contributed by atoms with Gasteiger partial charge in [0.2, 0.25) is 6.10 Å². The maximum Gasteiger partial charge on any atom is 0.271 e. The average molecular weight is 527 g/mol. The summed E-state index contributed by atoms with van der Waals surface area (Å²) in [5, 5.41) is 22.2. The first-order valence-electron chi connectivity index (χ1n) is 11.2. The molecule has 0 aliphatic rings. The van der Waals surface area contributed by atoms with Crippen molar-refractivity contribution < 1.29 is 28.2 Å². The van der Waals surface area contributed by atoms with E-state index in [1.54, 1.807) is 43.3 Å². The zero-order valence-electron chi connectivity index (χ0n) is 19.8. The fraction of sp³-hybridized carbons (Fsp3) is 0.231. The fourth-order valence-corrected chi connectivity index (χ4v) is 5.49. The number of anilines is 1. The Morgan fingerprint density at radius 3 is 2.39 bits per heavy atom. The number of nitrogens with one attached hydrogen (secondary N) is 1. The summed E-state index contributed by atoms with van der Waals surface area (Å²) in [7, 11) is -3.39. The summed E-state index contributed by atoms with van der Waals surface area (Å²) in [4.78, 5) is 18.0. The number of aliphatic hydroxyl groups is 2. The lowest BCUT2D eigenvalue weighted by molar-refractivity contribution is -0.123. The van der Waals surface area contributed by atoms with Gasteiger partial charge >= 0.3 is 0 Å². The number of fused-ring (bicyclic) bond motifs is 1. The molecule has 4 rings (SSSR count). The molecule has 8 nitrogen and oxygen atoms in total. The molecule has 1 aromatic heterocycles. The summed E-state index contributed by atoms with van der Waals surface area (Å²) in [5.74, 6) is -0.0137. The van der Waals surface area contributed by atoms with E-state index in [1.807, 2.05) is 19.1 Å². The van der Waals surface area contributed by atoms with Gasteiger partial charge in [-0.05, 0) is 60.0 Å². The molecule has 0 spiro atoms. The summed E-state index contributed by atoms with van der Waals surface area (Å²) in [6.45, 7) is 3.03. The summed E-state index contributed by atoms with van der Waals surface area (Å²) in [5.41, 5.74) is 3.18. The molecular formula is C26H26N2O6S2. The van der Waals surface area contributed by atoms with E-state index in [1.165, 1.54) is 23.5 Å². The third-order valence-corrected chi connectivity index (χ3v) is 8.37. The molecule has 0 fully saturated rings. The van der Waals surface area contributed by atoms with Gasteiger partial charge in [0.25, 0.3) is 5.91 Å². The second-order valence-corrected chi connectivity index (χ2v) is 11.5. The van der Waals surface area contributed by atoms with Gasteiger partial charge in [-0.15, -0.1) is 0 Å². The van der Waals surface area contributed by atoms with Crippen molar-refractivity contribution in [3.8, 4) is 5.75 Å². The first kappa shape index (κ1) is 25.8. The minimum Gasteiger partial charge on any atom is -0.476 e. The van der Waals surface area contributed by atoms with Crippen LogP contribution in [0, 0.1) is 6.92 Å². The highest BCUT2D eigenvalue weighted by Gasteiger charge is 2.25. The third kappa shape index (κ3) is 5.57. The van der Waals surface area contributed by atoms with Crippen molar-refractivity contribution in [2.75, 3.05) is 11.1 Å². The number of amides is 1. The molecule has 3 aromatic carbocycles. The number of hydrogen-bond acceptors (Lipinski definition) is 8. The lowest BCUT2D eigenvalue weighted by atomic mass is 10.1. The standard InChI is InChI=1S/C26H26N2O6S2/c1-3-36(32,33)21-9-7-17(8-10-21)24(34-20-6-4-5-16(2)11-20)25(31)28-26-27-22-12-18(14-29)19(15-30)13-23(22)35-26/h4-13,24,29-30H,3,14-15H2,1-2H3,(H,27,28,31). The Morgan fingerprint density at radius 2 is 1.75 bits per heavy atom. The van der Waals surface area contributed by atoms with E-state index in [-0.39, 0.29) is 23.9 Å². The lowest BCUT2D eigenvalue weighted by Crippen LogP contribution is -2.25. The predicted molar refractivity (Wildman–Crippen MR) is 139 cm³/mol. The molecule has 0 bridgehead atoms. The zero-order chi connectivity index (χ0) is 25.9. The van der Waals surface area contributed by atoms with E-state index < -0.39 is 21.8 Å². The van der Waals surface area contributed by atoms with E-state index in [0.717, 1.165) is 10.3 Å². The van der Waals surface area contributed by atoms with Crippen LogP contribution in [0.2, 0.25) is 0 Å². The van der Waals surface area contributed by atoms with Crippen LogP contribution in [0.4, 0.5) is 5.13 Å². The smallest absolute Gasteiger partial charge is 0.271 e. The lowest BCUT2D eigenvalue weighted by Gasteiger charge is -2.19. The Hall–Kier alpha value is -3.31. The van der Waals surface area contributed by atoms with E-state index in [0.29, 0.717) is 33.1 Å². The topological polar surface area (TPSA) is 126 Å². The molecule has 4 aromatic rings. The number of rotatable bonds is 9. The summed E-state index contributed by atoms with van der Waals surface area (Å²) in [6, 6.07) is 16.8. The highest BCUT2D eigenvalue weighted by molar-refractivity contribution is 7.91. The maximum absolute atomic E-state index is 13.4. The van der Waals surface area contributed by atoms with Crippen molar-refractivity contribution in [1.82, 2.24) is 4.98 Å². The molecule has 188 valence electrons. The van der Waals surface area contributed by atoms with E-state index in [9.17, 15) is 23.4 Å². The van der Waals surface area contributed by atoms with Crippen LogP contribution in [-0.4, -0.2) is 35.3 Å². The molecule has 1 unspecified atom stereocenters. The number of ether oxygens (including phenoxy) is 1. The zero-order valence-corrected chi connectivity index (χ0v) is 21.4. The highest BCUT2D eigenvalue weighted by atomic mass is 32.2. The summed E-state index contributed by atoms with van der Waals surface area (Å²) in [6.07, 6.45) is -1.07. The van der Waals surface area contributed by atoms with Crippen LogP contribution in [0.3, 0.4) is 0 Å². The molecule has 0 saturated carbocycles. The van der Waals surface area contributed by atoms with Gasteiger partial charge in [0, 0.05) is 5.56 Å². The number of carbonyl (C=O) groups is 1. The molecule has 0 radical (unpaired) electrons. The largest absolute Gasteiger partial charge is 0.476 e. The van der Waals surface area contributed by atoms with Crippen molar-refractivity contribution in [3.05, 3.63) is 82.9 Å². The minimum atomic E-state index is -3.39. The molecule has 36 heavy (non-hydrogen) atoms. The number of sulfone groups is 1. The molecular weight excluding hydrogens is 500 g/mol. The quantitative estimate of drug-likeness (QED) is 0.299. The number of aliphatic hydroxyl groups excluding tert-OH is 2. The number of thiazole rings is 1. The first-order chi connectivity index (χ1) is 17.2. The molecule has 0 saturated heterocycles. The Balaban J connectivity index is 1.66. The summed E-state index contributed by atoms with van der Waals surface area (Å²) >= 11 is 1.23. The molecule has 1 atom stereocenters. The highest BCUT2D eigenvalue weighted by Crippen LogP contribution is 2.31. The maximum atomic E-state index is 13.4. The Morgan fingerprint density at radius 1 is 1.06 bits per heavy atom. The van der Waals surface area contributed by atoms with Crippen molar-refractivity contribution in [2.45, 2.75) is 38.1 Å². The molecule has 1 amide bonds. The van der Waals surface area contributed by atoms with E-state index in [4.69, 9.17) is 4.74 Å². The molecule has 3 N–H and O–H groups in total. The number of aromatic nitrogens is 1. The van der Waals surface area contributed by atoms with Crippen molar-refractivity contribution in [1.29, 1.82) is 0 Å². The van der Waals surface area contributed by atoms with Gasteiger partial charge in [0.15, 0.2) is 15.0 Å². The number of nitrogens with zero attached hydrogens (tertiary/aromatic N) is 1. The normalized spacial score (nSPS) is 12.4. The molecule has 1 heterocycles. The average Bonchev–Trinajstić information content (AvgIpc) is 3.27. The van der Waals surface area contributed by atoms with Crippen molar-refractivity contribution in [3.63, 3.8) is 0 Å². The number of hydrogen-bond donors (Lipinski definition) is 3. The second-order valence-electron chi connectivity index (χ2n) is 8.20. The van der Waals surface area contributed by atoms with Crippen LogP contribution < -0.4 is 10.1 Å².